The van der Waals surface area contributed by atoms with E-state index in [-0.39, 0.29) is 5.97 Å². The number of methoxy groups -OCH3 is 1. The van der Waals surface area contributed by atoms with Crippen LogP contribution in [0.25, 0.3) is 10.4 Å². The van der Waals surface area contributed by atoms with Gasteiger partial charge in [0.1, 0.15) is 5.00 Å². The van der Waals surface area contributed by atoms with Crippen molar-refractivity contribution in [2.45, 2.75) is 19.3 Å². The molecule has 0 radical (unpaired) electrons. The van der Waals surface area contributed by atoms with Gasteiger partial charge in [0.05, 0.1) is 12.7 Å². The van der Waals surface area contributed by atoms with Crippen molar-refractivity contribution in [1.29, 1.82) is 0 Å². The van der Waals surface area contributed by atoms with Gasteiger partial charge in [0.2, 0.25) is 0 Å². The molecule has 0 unspecified atom stereocenters. The van der Waals surface area contributed by atoms with Gasteiger partial charge in [-0.2, -0.15) is 0 Å². The molecule has 3 rings (SSSR count). The number of carbonyl (C=O) groups excluding carboxylic acids is 1. The lowest BCUT2D eigenvalue weighted by Gasteiger charge is -2.29. The fourth-order valence-corrected chi connectivity index (χ4v) is 4.16. The zero-order chi connectivity index (χ0) is 16.9. The third-order valence-corrected chi connectivity index (χ3v) is 5.52. The summed E-state index contributed by atoms with van der Waals surface area (Å²) in [6.07, 6.45) is 3.57. The Hall–Kier alpha value is -1.92. The molecule has 1 fully saturated rings. The van der Waals surface area contributed by atoms with E-state index in [0.717, 1.165) is 41.4 Å². The smallest absolute Gasteiger partial charge is 0.340 e. The number of hydrogen-bond acceptors (Lipinski definition) is 4. The second-order valence-electron chi connectivity index (χ2n) is 5.69. The highest BCUT2D eigenvalue weighted by molar-refractivity contribution is 7.80. The summed E-state index contributed by atoms with van der Waals surface area (Å²) in [7, 11) is 1.40. The molecule has 24 heavy (non-hydrogen) atoms. The molecule has 0 spiro atoms. The van der Waals surface area contributed by atoms with Crippen molar-refractivity contribution < 1.29 is 9.53 Å². The van der Waals surface area contributed by atoms with E-state index in [1.165, 1.54) is 24.9 Å². The van der Waals surface area contributed by atoms with Gasteiger partial charge < -0.3 is 15.0 Å². The van der Waals surface area contributed by atoms with Gasteiger partial charge in [-0.05, 0) is 43.1 Å². The number of nitrogens with zero attached hydrogens (tertiary/aromatic N) is 1. The van der Waals surface area contributed by atoms with Crippen molar-refractivity contribution >= 4 is 39.6 Å². The summed E-state index contributed by atoms with van der Waals surface area (Å²) in [6.45, 7) is 1.94. The van der Waals surface area contributed by atoms with E-state index in [0.29, 0.717) is 10.7 Å². The molecule has 1 aliphatic rings. The summed E-state index contributed by atoms with van der Waals surface area (Å²) < 4.78 is 4.92. The third kappa shape index (κ3) is 3.76. The van der Waals surface area contributed by atoms with Crippen LogP contribution in [0.3, 0.4) is 0 Å². The van der Waals surface area contributed by atoms with E-state index in [1.54, 1.807) is 0 Å². The monoisotopic (exact) mass is 360 g/mol. The average Bonchev–Trinajstić information content (AvgIpc) is 3.06. The molecular weight excluding hydrogens is 340 g/mol. The molecule has 0 saturated carbocycles. The number of likely N-dealkylation sites (tertiary alicyclic amines) is 1. The van der Waals surface area contributed by atoms with Crippen LogP contribution in [0.5, 0.6) is 0 Å². The Kier molecular flexibility index (Phi) is 5.48. The first kappa shape index (κ1) is 16.9. The molecule has 1 aliphatic heterocycles. The lowest BCUT2D eigenvalue weighted by molar-refractivity contribution is 0.0602. The van der Waals surface area contributed by atoms with E-state index in [2.05, 4.69) is 10.2 Å². The quantitative estimate of drug-likeness (QED) is 0.650. The molecular formula is C18H20N2O2S2. The summed E-state index contributed by atoms with van der Waals surface area (Å²) in [6, 6.07) is 11.9. The molecule has 0 bridgehead atoms. The van der Waals surface area contributed by atoms with Gasteiger partial charge in [0, 0.05) is 18.0 Å². The molecule has 126 valence electrons. The second-order valence-corrected chi connectivity index (χ2v) is 7.13. The average molecular weight is 361 g/mol. The Labute approximate surface area is 151 Å². The molecule has 1 saturated heterocycles. The Morgan fingerprint density at radius 2 is 1.92 bits per heavy atom. The van der Waals surface area contributed by atoms with E-state index < -0.39 is 0 Å². The topological polar surface area (TPSA) is 41.6 Å². The Balaban J connectivity index is 1.86. The molecule has 2 aromatic rings. The molecule has 0 aliphatic carbocycles. The minimum atomic E-state index is -0.350. The standard InChI is InChI=1S/C18H20N2O2S2/c1-22-17(21)14-12-15(13-8-4-2-5-9-13)24-16(14)19-18(23)20-10-6-3-7-11-20/h2,4-5,8-9,12H,3,6-7,10-11H2,1H3,(H,19,23). The maximum Gasteiger partial charge on any atom is 0.340 e. The Bertz CT molecular complexity index is 722. The highest BCUT2D eigenvalue weighted by Gasteiger charge is 2.20. The minimum absolute atomic E-state index is 0.350. The summed E-state index contributed by atoms with van der Waals surface area (Å²) in [5.74, 6) is -0.350. The van der Waals surface area contributed by atoms with Crippen LogP contribution in [-0.2, 0) is 4.74 Å². The van der Waals surface area contributed by atoms with E-state index in [1.807, 2.05) is 36.4 Å². The summed E-state index contributed by atoms with van der Waals surface area (Å²) in [5.41, 5.74) is 1.60. The van der Waals surface area contributed by atoms with Crippen LogP contribution in [0.1, 0.15) is 29.6 Å². The maximum atomic E-state index is 12.1. The normalized spacial score (nSPS) is 14.3. The van der Waals surface area contributed by atoms with E-state index in [9.17, 15) is 4.79 Å². The van der Waals surface area contributed by atoms with Crippen molar-refractivity contribution in [3.05, 3.63) is 42.0 Å². The summed E-state index contributed by atoms with van der Waals surface area (Å²) in [5, 5.41) is 4.69. The van der Waals surface area contributed by atoms with Crippen LogP contribution in [0, 0.1) is 0 Å². The van der Waals surface area contributed by atoms with Gasteiger partial charge >= 0.3 is 5.97 Å². The van der Waals surface area contributed by atoms with Crippen LogP contribution in [0.15, 0.2) is 36.4 Å². The first-order valence-corrected chi connectivity index (χ1v) is 9.25. The molecule has 6 heteroatoms. The van der Waals surface area contributed by atoms with Crippen LogP contribution < -0.4 is 5.32 Å². The molecule has 1 aromatic heterocycles. The van der Waals surface area contributed by atoms with Gasteiger partial charge in [-0.25, -0.2) is 4.79 Å². The van der Waals surface area contributed by atoms with Crippen LogP contribution in [0.4, 0.5) is 5.00 Å². The molecule has 4 nitrogen and oxygen atoms in total. The zero-order valence-electron chi connectivity index (χ0n) is 13.6. The number of ether oxygens (including phenoxy) is 1. The second kappa shape index (κ2) is 7.77. The highest BCUT2D eigenvalue weighted by atomic mass is 32.1. The van der Waals surface area contributed by atoms with E-state index in [4.69, 9.17) is 17.0 Å². The van der Waals surface area contributed by atoms with Gasteiger partial charge in [-0.15, -0.1) is 11.3 Å². The Morgan fingerprint density at radius 3 is 2.58 bits per heavy atom. The van der Waals surface area contributed by atoms with Crippen molar-refractivity contribution in [2.75, 3.05) is 25.5 Å². The van der Waals surface area contributed by atoms with Gasteiger partial charge in [0.15, 0.2) is 5.11 Å². The number of piperidine rings is 1. The fourth-order valence-electron chi connectivity index (χ4n) is 2.76. The number of rotatable bonds is 3. The zero-order valence-corrected chi connectivity index (χ0v) is 15.2. The van der Waals surface area contributed by atoms with Crippen LogP contribution in [-0.4, -0.2) is 36.2 Å². The van der Waals surface area contributed by atoms with Crippen LogP contribution in [0.2, 0.25) is 0 Å². The number of esters is 1. The fraction of sp³-hybridized carbons (Fsp3) is 0.333. The van der Waals surface area contributed by atoms with Crippen molar-refractivity contribution in [3.8, 4) is 10.4 Å². The third-order valence-electron chi connectivity index (χ3n) is 4.06. The lowest BCUT2D eigenvalue weighted by atomic mass is 10.1. The van der Waals surface area contributed by atoms with Crippen molar-refractivity contribution in [2.24, 2.45) is 0 Å². The SMILES string of the molecule is COC(=O)c1cc(-c2ccccc2)sc1NC(=S)N1CCCCC1. The first-order valence-electron chi connectivity index (χ1n) is 8.02. The molecule has 0 atom stereocenters. The largest absolute Gasteiger partial charge is 0.465 e. The maximum absolute atomic E-state index is 12.1. The number of benzene rings is 1. The molecule has 1 aromatic carbocycles. The predicted octanol–water partition coefficient (Wildman–Crippen LogP) is 4.38. The summed E-state index contributed by atoms with van der Waals surface area (Å²) >= 11 is 7.06. The number of nitrogens with one attached hydrogen (secondary N) is 1. The lowest BCUT2D eigenvalue weighted by Crippen LogP contribution is -2.38. The number of carbonyl (C=O) groups is 1. The minimum Gasteiger partial charge on any atom is -0.465 e. The number of anilines is 1. The highest BCUT2D eigenvalue weighted by Crippen LogP contribution is 2.36. The van der Waals surface area contributed by atoms with Gasteiger partial charge in [0.25, 0.3) is 0 Å². The number of hydrogen-bond donors (Lipinski definition) is 1. The number of thiocarbonyl (C=S) groups is 1. The van der Waals surface area contributed by atoms with Gasteiger partial charge in [-0.3, -0.25) is 0 Å². The molecule has 1 N–H and O–H groups in total. The molecule has 0 amide bonds. The predicted molar refractivity (Wildman–Crippen MR) is 103 cm³/mol. The summed E-state index contributed by atoms with van der Waals surface area (Å²) in [4.78, 5) is 15.3. The first-order chi connectivity index (χ1) is 11.7. The Morgan fingerprint density at radius 1 is 1.21 bits per heavy atom. The number of thiophene rings is 1. The molecule has 2 heterocycles. The van der Waals surface area contributed by atoms with Crippen molar-refractivity contribution in [3.63, 3.8) is 0 Å². The van der Waals surface area contributed by atoms with Crippen LogP contribution >= 0.6 is 23.6 Å². The van der Waals surface area contributed by atoms with Crippen molar-refractivity contribution in [1.82, 2.24) is 4.90 Å². The van der Waals surface area contributed by atoms with E-state index >= 15 is 0 Å². The van der Waals surface area contributed by atoms with Gasteiger partial charge in [-0.1, -0.05) is 30.3 Å².